The molecule has 0 bridgehead atoms. The number of phosphoric acid groups is 1. The molecule has 0 spiro atoms. The summed E-state index contributed by atoms with van der Waals surface area (Å²) in [5.41, 5.74) is 0. The molecule has 8 nitrogen and oxygen atoms in total. The quantitative estimate of drug-likeness (QED) is 0.0367. The summed E-state index contributed by atoms with van der Waals surface area (Å²) < 4.78 is 34.0. The average molecular weight is 564 g/mol. The molecule has 0 aliphatic carbocycles. The molecular weight excluding hydrogens is 505 g/mol. The van der Waals surface area contributed by atoms with Crippen LogP contribution in [0.5, 0.6) is 0 Å². The normalized spacial score (nSPS) is 14.6. The highest BCUT2D eigenvalue weighted by molar-refractivity contribution is 7.45. The highest BCUT2D eigenvalue weighted by atomic mass is 31.2. The van der Waals surface area contributed by atoms with E-state index in [4.69, 9.17) is 18.5 Å². The van der Waals surface area contributed by atoms with E-state index >= 15 is 0 Å². The summed E-state index contributed by atoms with van der Waals surface area (Å²) in [5.74, 6) is -0.351. The summed E-state index contributed by atoms with van der Waals surface area (Å²) in [4.78, 5) is 24.6. The van der Waals surface area contributed by atoms with E-state index in [0.717, 1.165) is 51.4 Å². The number of carbonyl (C=O) groups excluding carboxylic acids is 1. The number of quaternary nitrogens is 1. The van der Waals surface area contributed by atoms with Gasteiger partial charge in [-0.05, 0) is 32.1 Å². The molecule has 2 atom stereocenters. The lowest BCUT2D eigenvalue weighted by Crippen LogP contribution is -2.37. The lowest BCUT2D eigenvalue weighted by Gasteiger charge is -2.28. The Balaban J connectivity index is 4.40. The van der Waals surface area contributed by atoms with Gasteiger partial charge in [0.15, 0.2) is 0 Å². The Kier molecular flexibility index (Phi) is 23.6. The molecule has 0 fully saturated rings. The maximum atomic E-state index is 12.4. The van der Waals surface area contributed by atoms with Crippen molar-refractivity contribution in [1.82, 2.24) is 0 Å². The molecule has 2 unspecified atom stereocenters. The summed E-state index contributed by atoms with van der Waals surface area (Å²) in [6, 6.07) is 0. The maximum Gasteiger partial charge on any atom is 0.306 e. The van der Waals surface area contributed by atoms with Crippen molar-refractivity contribution < 1.29 is 37.3 Å². The minimum absolute atomic E-state index is 0.0261. The molecule has 0 rings (SSSR count). The third kappa shape index (κ3) is 26.8. The van der Waals surface area contributed by atoms with Gasteiger partial charge in [-0.3, -0.25) is 9.36 Å². The second-order valence-electron chi connectivity index (χ2n) is 11.1. The van der Waals surface area contributed by atoms with Crippen molar-refractivity contribution in [3.63, 3.8) is 0 Å². The molecule has 0 heterocycles. The number of unbranched alkanes of at least 4 members (excludes halogenated alkanes) is 11. The zero-order chi connectivity index (χ0) is 28.5. The fourth-order valence-corrected chi connectivity index (χ4v) is 4.39. The summed E-state index contributed by atoms with van der Waals surface area (Å²) >= 11 is 0. The average Bonchev–Trinajstić information content (AvgIpc) is 2.84. The molecular formula is C29H58NO7P. The summed E-state index contributed by atoms with van der Waals surface area (Å²) in [5, 5.41) is 0. The zero-order valence-corrected chi connectivity index (χ0v) is 26.0. The number of hydrogen-bond donors (Lipinski definition) is 0. The van der Waals surface area contributed by atoms with Crippen molar-refractivity contribution in [2.75, 3.05) is 54.1 Å². The third-order valence-corrected chi connectivity index (χ3v) is 7.01. The van der Waals surface area contributed by atoms with E-state index in [1.54, 1.807) is 0 Å². The van der Waals surface area contributed by atoms with E-state index in [1.165, 1.54) is 38.5 Å². The van der Waals surface area contributed by atoms with Gasteiger partial charge in [0.1, 0.15) is 19.3 Å². The van der Waals surface area contributed by atoms with Crippen LogP contribution in [0.4, 0.5) is 0 Å². The van der Waals surface area contributed by atoms with E-state index in [2.05, 4.69) is 26.0 Å². The van der Waals surface area contributed by atoms with Crippen LogP contribution in [0.25, 0.3) is 0 Å². The highest BCUT2D eigenvalue weighted by Crippen LogP contribution is 2.38. The Bertz CT molecular complexity index is 637. The van der Waals surface area contributed by atoms with Crippen molar-refractivity contribution in [2.24, 2.45) is 0 Å². The van der Waals surface area contributed by atoms with E-state index in [0.29, 0.717) is 24.1 Å². The van der Waals surface area contributed by atoms with Gasteiger partial charge >= 0.3 is 5.97 Å². The summed E-state index contributed by atoms with van der Waals surface area (Å²) in [6.45, 7) is 5.26. The highest BCUT2D eigenvalue weighted by Gasteiger charge is 2.20. The van der Waals surface area contributed by atoms with Crippen molar-refractivity contribution in [3.05, 3.63) is 12.2 Å². The molecule has 0 aliphatic rings. The summed E-state index contributed by atoms with van der Waals surface area (Å²) in [6.07, 6.45) is 19.5. The largest absolute Gasteiger partial charge is 0.756 e. The Morgan fingerprint density at radius 2 is 1.42 bits per heavy atom. The molecule has 9 heteroatoms. The van der Waals surface area contributed by atoms with Gasteiger partial charge in [-0.15, -0.1) is 0 Å². The second-order valence-corrected chi connectivity index (χ2v) is 12.5. The number of esters is 1. The molecule has 38 heavy (non-hydrogen) atoms. The van der Waals surface area contributed by atoms with Gasteiger partial charge in [-0.2, -0.15) is 0 Å². The van der Waals surface area contributed by atoms with Crippen LogP contribution in [-0.4, -0.2) is 70.7 Å². The Hall–Kier alpha value is -0.760. The number of allylic oxidation sites excluding steroid dienone is 2. The maximum absolute atomic E-state index is 12.4. The van der Waals surface area contributed by atoms with E-state index < -0.39 is 13.9 Å². The Morgan fingerprint density at radius 1 is 0.789 bits per heavy atom. The number of rotatable bonds is 27. The fourth-order valence-electron chi connectivity index (χ4n) is 3.66. The first-order valence-corrected chi connectivity index (χ1v) is 16.4. The number of carbonyl (C=O) groups is 1. The van der Waals surface area contributed by atoms with Crippen molar-refractivity contribution in [3.8, 4) is 0 Å². The molecule has 0 N–H and O–H groups in total. The first-order chi connectivity index (χ1) is 18.1. The van der Waals surface area contributed by atoms with E-state index in [1.807, 2.05) is 21.1 Å². The number of hydrogen-bond acceptors (Lipinski definition) is 7. The standard InChI is InChI=1S/C29H58NO7P/c1-6-8-10-12-14-15-16-17-18-20-22-29(31)37-28(26-34-24-21-19-13-11-9-7-2)27-36-38(32,33)35-25-23-30(3,4)5/h10,12,28H,6-9,11,13-27H2,1-5H3/b12-10-. The molecule has 0 aromatic heterocycles. The van der Waals surface area contributed by atoms with Crippen molar-refractivity contribution in [1.29, 1.82) is 0 Å². The molecule has 0 saturated heterocycles. The zero-order valence-electron chi connectivity index (χ0n) is 25.1. The van der Waals surface area contributed by atoms with Gasteiger partial charge in [-0.1, -0.05) is 83.8 Å². The molecule has 0 aromatic carbocycles. The SMILES string of the molecule is CCC/C=C\CCCCCCCC(=O)OC(COCCCCCCCC)COP(=O)([O-])OCC[N+](C)(C)C. The number of likely N-dealkylation sites (N-methyl/N-ethyl adjacent to an activating group) is 1. The minimum Gasteiger partial charge on any atom is -0.756 e. The number of nitrogens with zero attached hydrogens (tertiary/aromatic N) is 1. The van der Waals surface area contributed by atoms with Gasteiger partial charge in [0, 0.05) is 13.0 Å². The Labute approximate surface area is 233 Å². The van der Waals surface area contributed by atoms with E-state index in [9.17, 15) is 14.3 Å². The molecule has 0 radical (unpaired) electrons. The van der Waals surface area contributed by atoms with Crippen LogP contribution in [-0.2, 0) is 27.9 Å². The van der Waals surface area contributed by atoms with Crippen LogP contribution >= 0.6 is 7.82 Å². The van der Waals surface area contributed by atoms with Gasteiger partial charge in [0.05, 0.1) is 34.4 Å². The van der Waals surface area contributed by atoms with Crippen LogP contribution in [0, 0.1) is 0 Å². The van der Waals surface area contributed by atoms with Crippen LogP contribution in [0.2, 0.25) is 0 Å². The molecule has 0 aliphatic heterocycles. The van der Waals surface area contributed by atoms with Gasteiger partial charge < -0.3 is 27.9 Å². The van der Waals surface area contributed by atoms with Crippen molar-refractivity contribution >= 4 is 13.8 Å². The smallest absolute Gasteiger partial charge is 0.306 e. The minimum atomic E-state index is -4.49. The number of ether oxygens (including phenoxy) is 2. The fraction of sp³-hybridized carbons (Fsp3) is 0.897. The lowest BCUT2D eigenvalue weighted by atomic mass is 10.1. The van der Waals surface area contributed by atoms with Gasteiger partial charge in [-0.25, -0.2) is 0 Å². The molecule has 0 saturated carbocycles. The third-order valence-electron chi connectivity index (χ3n) is 6.05. The first-order valence-electron chi connectivity index (χ1n) is 14.9. The predicted molar refractivity (Wildman–Crippen MR) is 153 cm³/mol. The van der Waals surface area contributed by atoms with Crippen molar-refractivity contribution in [2.45, 2.75) is 116 Å². The van der Waals surface area contributed by atoms with Crippen LogP contribution in [0.1, 0.15) is 110 Å². The molecule has 0 aromatic rings. The van der Waals surface area contributed by atoms with Crippen LogP contribution in [0.15, 0.2) is 12.2 Å². The predicted octanol–water partition coefficient (Wildman–Crippen LogP) is 6.57. The number of phosphoric ester groups is 1. The molecule has 226 valence electrons. The Morgan fingerprint density at radius 3 is 2.11 bits per heavy atom. The van der Waals surface area contributed by atoms with E-state index in [-0.39, 0.29) is 25.8 Å². The monoisotopic (exact) mass is 563 g/mol. The van der Waals surface area contributed by atoms with Gasteiger partial charge in [0.2, 0.25) is 0 Å². The summed E-state index contributed by atoms with van der Waals surface area (Å²) in [7, 11) is 1.35. The second kappa shape index (κ2) is 24.1. The molecule has 0 amide bonds. The lowest BCUT2D eigenvalue weighted by molar-refractivity contribution is -0.870. The van der Waals surface area contributed by atoms with Gasteiger partial charge in [0.25, 0.3) is 7.82 Å². The van der Waals surface area contributed by atoms with Crippen LogP contribution < -0.4 is 4.89 Å². The first kappa shape index (κ1) is 37.2. The topological polar surface area (TPSA) is 94.1 Å². The van der Waals surface area contributed by atoms with Crippen LogP contribution in [0.3, 0.4) is 0 Å².